The maximum Gasteiger partial charge on any atom is 0.243 e. The van der Waals surface area contributed by atoms with Crippen molar-refractivity contribution < 1.29 is 8.42 Å². The standard InChI is InChI=1S/C17H20Cl2N2O2S/c1-20(2)10-11-21(13-14-6-4-3-5-7-14)24(22,23)15-8-9-16(18)17(19)12-15/h3-9,12H,10-11,13H2,1-2H3. The Kier molecular flexibility index (Phi) is 6.66. The molecule has 130 valence electrons. The monoisotopic (exact) mass is 386 g/mol. The van der Waals surface area contributed by atoms with Crippen molar-refractivity contribution in [1.29, 1.82) is 0 Å². The zero-order chi connectivity index (χ0) is 17.7. The number of nitrogens with zero attached hydrogens (tertiary/aromatic N) is 2. The second-order valence-corrected chi connectivity index (χ2v) is 8.46. The second-order valence-electron chi connectivity index (χ2n) is 5.70. The molecule has 0 unspecified atom stereocenters. The van der Waals surface area contributed by atoms with Gasteiger partial charge in [0.05, 0.1) is 14.9 Å². The molecule has 0 fully saturated rings. The van der Waals surface area contributed by atoms with Crippen LogP contribution in [0.15, 0.2) is 53.4 Å². The van der Waals surface area contributed by atoms with Crippen LogP contribution in [-0.2, 0) is 16.6 Å². The van der Waals surface area contributed by atoms with Gasteiger partial charge in [0.25, 0.3) is 0 Å². The summed E-state index contributed by atoms with van der Waals surface area (Å²) in [5, 5.41) is 0.559. The van der Waals surface area contributed by atoms with E-state index in [2.05, 4.69) is 0 Å². The lowest BCUT2D eigenvalue weighted by Crippen LogP contribution is -2.36. The van der Waals surface area contributed by atoms with E-state index in [0.29, 0.717) is 24.7 Å². The van der Waals surface area contributed by atoms with E-state index < -0.39 is 10.0 Å². The number of rotatable bonds is 7. The lowest BCUT2D eigenvalue weighted by Gasteiger charge is -2.24. The Balaban J connectivity index is 2.34. The fourth-order valence-electron chi connectivity index (χ4n) is 2.17. The van der Waals surface area contributed by atoms with Crippen LogP contribution in [0.4, 0.5) is 0 Å². The summed E-state index contributed by atoms with van der Waals surface area (Å²) in [4.78, 5) is 2.09. The smallest absolute Gasteiger partial charge is 0.243 e. The van der Waals surface area contributed by atoms with E-state index in [1.54, 1.807) is 0 Å². The molecule has 0 radical (unpaired) electrons. The summed E-state index contributed by atoms with van der Waals surface area (Å²) in [6.45, 7) is 1.30. The molecule has 0 aliphatic carbocycles. The molecular formula is C17H20Cl2N2O2S. The topological polar surface area (TPSA) is 40.6 Å². The highest BCUT2D eigenvalue weighted by molar-refractivity contribution is 7.89. The van der Waals surface area contributed by atoms with Gasteiger partial charge in [0.15, 0.2) is 0 Å². The fourth-order valence-corrected chi connectivity index (χ4v) is 3.98. The molecule has 0 saturated heterocycles. The number of benzene rings is 2. The highest BCUT2D eigenvalue weighted by atomic mass is 35.5. The molecule has 0 saturated carbocycles. The molecule has 2 aromatic carbocycles. The number of halogens is 2. The van der Waals surface area contributed by atoms with Gasteiger partial charge in [-0.2, -0.15) is 4.31 Å². The Hall–Kier alpha value is -1.11. The summed E-state index contributed by atoms with van der Waals surface area (Å²) in [7, 11) is 0.148. The van der Waals surface area contributed by atoms with E-state index in [0.717, 1.165) is 5.56 Å². The van der Waals surface area contributed by atoms with Crippen molar-refractivity contribution in [2.24, 2.45) is 0 Å². The van der Waals surface area contributed by atoms with Crippen molar-refractivity contribution in [1.82, 2.24) is 9.21 Å². The van der Waals surface area contributed by atoms with Gasteiger partial charge in [-0.15, -0.1) is 0 Å². The third kappa shape index (κ3) is 4.94. The molecule has 0 heterocycles. The van der Waals surface area contributed by atoms with E-state index in [9.17, 15) is 8.42 Å². The van der Waals surface area contributed by atoms with Crippen molar-refractivity contribution in [2.45, 2.75) is 11.4 Å². The minimum Gasteiger partial charge on any atom is -0.308 e. The fraction of sp³-hybridized carbons (Fsp3) is 0.294. The Morgan fingerprint density at radius 2 is 1.58 bits per heavy atom. The molecular weight excluding hydrogens is 367 g/mol. The Morgan fingerprint density at radius 3 is 2.17 bits per heavy atom. The van der Waals surface area contributed by atoms with Crippen molar-refractivity contribution in [3.8, 4) is 0 Å². The predicted molar refractivity (Wildman–Crippen MR) is 99.1 cm³/mol. The molecule has 7 heteroatoms. The van der Waals surface area contributed by atoms with Crippen molar-refractivity contribution in [3.05, 3.63) is 64.1 Å². The van der Waals surface area contributed by atoms with Crippen LogP contribution in [0.2, 0.25) is 10.0 Å². The molecule has 0 bridgehead atoms. The minimum absolute atomic E-state index is 0.145. The highest BCUT2D eigenvalue weighted by Gasteiger charge is 2.25. The first-order chi connectivity index (χ1) is 11.3. The summed E-state index contributed by atoms with van der Waals surface area (Å²) in [5.74, 6) is 0. The summed E-state index contributed by atoms with van der Waals surface area (Å²) in [5.41, 5.74) is 0.930. The van der Waals surface area contributed by atoms with Crippen LogP contribution in [0.5, 0.6) is 0 Å². The quantitative estimate of drug-likeness (QED) is 0.727. The second kappa shape index (κ2) is 8.32. The average Bonchev–Trinajstić information content (AvgIpc) is 2.54. The van der Waals surface area contributed by atoms with E-state index >= 15 is 0 Å². The zero-order valence-corrected chi connectivity index (χ0v) is 15.9. The van der Waals surface area contributed by atoms with Crippen molar-refractivity contribution in [3.63, 3.8) is 0 Å². The van der Waals surface area contributed by atoms with E-state index in [1.807, 2.05) is 49.3 Å². The molecule has 0 amide bonds. The lowest BCUT2D eigenvalue weighted by molar-refractivity contribution is 0.329. The van der Waals surface area contributed by atoms with Gasteiger partial charge in [0.2, 0.25) is 10.0 Å². The van der Waals surface area contributed by atoms with Crippen LogP contribution in [0.1, 0.15) is 5.56 Å². The first-order valence-corrected chi connectivity index (χ1v) is 9.64. The maximum atomic E-state index is 13.0. The maximum absolute atomic E-state index is 13.0. The molecule has 0 atom stereocenters. The Morgan fingerprint density at radius 1 is 0.917 bits per heavy atom. The predicted octanol–water partition coefficient (Wildman–Crippen LogP) is 3.75. The summed E-state index contributed by atoms with van der Waals surface area (Å²) < 4.78 is 27.5. The molecule has 4 nitrogen and oxygen atoms in total. The first kappa shape index (κ1) is 19.2. The van der Waals surface area contributed by atoms with Gasteiger partial charge in [-0.1, -0.05) is 53.5 Å². The lowest BCUT2D eigenvalue weighted by atomic mass is 10.2. The van der Waals surface area contributed by atoms with Gasteiger partial charge in [0.1, 0.15) is 0 Å². The zero-order valence-electron chi connectivity index (χ0n) is 13.6. The summed E-state index contributed by atoms with van der Waals surface area (Å²) >= 11 is 11.9. The van der Waals surface area contributed by atoms with E-state index in [4.69, 9.17) is 23.2 Å². The van der Waals surface area contributed by atoms with Gasteiger partial charge < -0.3 is 4.90 Å². The normalized spacial score (nSPS) is 12.1. The third-order valence-corrected chi connectivity index (χ3v) is 6.11. The van der Waals surface area contributed by atoms with Gasteiger partial charge in [-0.05, 0) is 37.9 Å². The molecule has 0 N–H and O–H groups in total. The van der Waals surface area contributed by atoms with Gasteiger partial charge >= 0.3 is 0 Å². The minimum atomic E-state index is -3.67. The largest absolute Gasteiger partial charge is 0.308 e. The molecule has 0 aromatic heterocycles. The average molecular weight is 387 g/mol. The summed E-state index contributed by atoms with van der Waals surface area (Å²) in [6, 6.07) is 13.9. The SMILES string of the molecule is CN(C)CCN(Cc1ccccc1)S(=O)(=O)c1ccc(Cl)c(Cl)c1. The first-order valence-electron chi connectivity index (χ1n) is 7.44. The van der Waals surface area contributed by atoms with Crippen molar-refractivity contribution >= 4 is 33.2 Å². The molecule has 0 spiro atoms. The van der Waals surface area contributed by atoms with Gasteiger partial charge in [-0.3, -0.25) is 0 Å². The highest BCUT2D eigenvalue weighted by Crippen LogP contribution is 2.27. The molecule has 24 heavy (non-hydrogen) atoms. The van der Waals surface area contributed by atoms with E-state index in [-0.39, 0.29) is 9.92 Å². The van der Waals surface area contributed by atoms with Crippen LogP contribution in [0.3, 0.4) is 0 Å². The van der Waals surface area contributed by atoms with Gasteiger partial charge in [0, 0.05) is 19.6 Å². The molecule has 0 aliphatic heterocycles. The number of hydrogen-bond donors (Lipinski definition) is 0. The molecule has 2 aromatic rings. The Labute approximate surface area is 153 Å². The summed E-state index contributed by atoms with van der Waals surface area (Å²) in [6.07, 6.45) is 0. The van der Waals surface area contributed by atoms with Crippen molar-refractivity contribution in [2.75, 3.05) is 27.2 Å². The number of hydrogen-bond acceptors (Lipinski definition) is 3. The van der Waals surface area contributed by atoms with Crippen LogP contribution in [0, 0.1) is 0 Å². The number of likely N-dealkylation sites (N-methyl/N-ethyl adjacent to an activating group) is 1. The Bertz CT molecular complexity index is 780. The van der Waals surface area contributed by atoms with Crippen LogP contribution < -0.4 is 0 Å². The van der Waals surface area contributed by atoms with Crippen LogP contribution >= 0.6 is 23.2 Å². The molecule has 2 rings (SSSR count). The van der Waals surface area contributed by atoms with Crippen LogP contribution in [0.25, 0.3) is 0 Å². The van der Waals surface area contributed by atoms with E-state index in [1.165, 1.54) is 22.5 Å². The van der Waals surface area contributed by atoms with Gasteiger partial charge in [-0.25, -0.2) is 8.42 Å². The molecule has 0 aliphatic rings. The third-order valence-electron chi connectivity index (χ3n) is 3.53. The van der Waals surface area contributed by atoms with Crippen LogP contribution in [-0.4, -0.2) is 44.8 Å². The number of sulfonamides is 1.